The van der Waals surface area contributed by atoms with E-state index in [1.165, 1.54) is 11.1 Å². The van der Waals surface area contributed by atoms with Gasteiger partial charge in [-0.2, -0.15) is 0 Å². The summed E-state index contributed by atoms with van der Waals surface area (Å²) in [7, 11) is 3.31. The normalized spacial score (nSPS) is 11.1. The van der Waals surface area contributed by atoms with Crippen molar-refractivity contribution in [3.63, 3.8) is 0 Å². The van der Waals surface area contributed by atoms with E-state index < -0.39 is 0 Å². The van der Waals surface area contributed by atoms with Gasteiger partial charge in [0, 0.05) is 5.56 Å². The van der Waals surface area contributed by atoms with Crippen molar-refractivity contribution < 1.29 is 9.47 Å². The molecule has 0 atom stereocenters. The van der Waals surface area contributed by atoms with E-state index in [4.69, 9.17) is 9.47 Å². The molecule has 0 aliphatic carbocycles. The van der Waals surface area contributed by atoms with Crippen molar-refractivity contribution in [3.05, 3.63) is 59.2 Å². The highest BCUT2D eigenvalue weighted by Crippen LogP contribution is 2.31. The van der Waals surface area contributed by atoms with Gasteiger partial charge in [-0.1, -0.05) is 62.4 Å². The molecule has 0 heterocycles. The Hall–Kier alpha value is -2.22. The fraction of sp³-hybridized carbons (Fsp3) is 0.263. The Labute approximate surface area is 127 Å². The molecule has 0 amide bonds. The number of hydrogen-bond donors (Lipinski definition) is 0. The summed E-state index contributed by atoms with van der Waals surface area (Å²) < 4.78 is 10.7. The standard InChI is InChI=1S/C19H22O2/c1-14(2)16-11-8-15(9-12-16)10-13-17-6-5-7-18(20-3)19(17)21-4/h5-14H,1-4H3/b13-10+. The lowest BCUT2D eigenvalue weighted by Gasteiger charge is -2.10. The Morgan fingerprint density at radius 3 is 2.14 bits per heavy atom. The van der Waals surface area contributed by atoms with Gasteiger partial charge in [-0.25, -0.2) is 0 Å². The zero-order chi connectivity index (χ0) is 15.2. The topological polar surface area (TPSA) is 18.5 Å². The third-order valence-electron chi connectivity index (χ3n) is 3.49. The van der Waals surface area contributed by atoms with Crippen LogP contribution in [0.1, 0.15) is 36.5 Å². The van der Waals surface area contributed by atoms with Crippen LogP contribution in [0.4, 0.5) is 0 Å². The van der Waals surface area contributed by atoms with Gasteiger partial charge in [-0.15, -0.1) is 0 Å². The highest BCUT2D eigenvalue weighted by Gasteiger charge is 2.06. The van der Waals surface area contributed by atoms with Crippen molar-refractivity contribution in [1.82, 2.24) is 0 Å². The van der Waals surface area contributed by atoms with Crippen LogP contribution in [0.15, 0.2) is 42.5 Å². The van der Waals surface area contributed by atoms with Crippen LogP contribution in [0.25, 0.3) is 12.2 Å². The number of hydrogen-bond acceptors (Lipinski definition) is 2. The number of rotatable bonds is 5. The summed E-state index contributed by atoms with van der Waals surface area (Å²) in [6, 6.07) is 14.5. The van der Waals surface area contributed by atoms with E-state index in [0.717, 1.165) is 17.1 Å². The van der Waals surface area contributed by atoms with Gasteiger partial charge in [0.05, 0.1) is 14.2 Å². The molecular weight excluding hydrogens is 260 g/mol. The molecule has 2 rings (SSSR count). The minimum absolute atomic E-state index is 0.557. The van der Waals surface area contributed by atoms with Crippen molar-refractivity contribution in [3.8, 4) is 11.5 Å². The van der Waals surface area contributed by atoms with Crippen molar-refractivity contribution in [1.29, 1.82) is 0 Å². The van der Waals surface area contributed by atoms with Crippen molar-refractivity contribution in [2.24, 2.45) is 0 Å². The molecule has 0 spiro atoms. The molecule has 0 aliphatic rings. The molecule has 21 heavy (non-hydrogen) atoms. The summed E-state index contributed by atoms with van der Waals surface area (Å²) in [6.07, 6.45) is 4.13. The molecule has 2 heteroatoms. The first-order chi connectivity index (χ1) is 10.2. The quantitative estimate of drug-likeness (QED) is 0.719. The predicted octanol–water partition coefficient (Wildman–Crippen LogP) is 5.00. The van der Waals surface area contributed by atoms with Gasteiger partial charge in [0.2, 0.25) is 0 Å². The van der Waals surface area contributed by atoms with Gasteiger partial charge in [0.25, 0.3) is 0 Å². The van der Waals surface area contributed by atoms with E-state index in [1.807, 2.05) is 24.3 Å². The lowest BCUT2D eigenvalue weighted by molar-refractivity contribution is 0.354. The third kappa shape index (κ3) is 3.66. The fourth-order valence-corrected chi connectivity index (χ4v) is 2.22. The molecule has 0 fully saturated rings. The van der Waals surface area contributed by atoms with Crippen molar-refractivity contribution >= 4 is 12.2 Å². The first kappa shape index (κ1) is 15.2. The van der Waals surface area contributed by atoms with Gasteiger partial charge < -0.3 is 9.47 Å². The second-order valence-corrected chi connectivity index (χ2v) is 5.24. The van der Waals surface area contributed by atoms with Crippen LogP contribution in [0.2, 0.25) is 0 Å². The van der Waals surface area contributed by atoms with E-state index in [0.29, 0.717) is 5.92 Å². The molecule has 0 saturated heterocycles. The van der Waals surface area contributed by atoms with Crippen LogP contribution in [0.5, 0.6) is 11.5 Å². The highest BCUT2D eigenvalue weighted by atomic mass is 16.5. The van der Waals surface area contributed by atoms with Gasteiger partial charge in [0.15, 0.2) is 11.5 Å². The van der Waals surface area contributed by atoms with E-state index in [2.05, 4.69) is 44.2 Å². The lowest BCUT2D eigenvalue weighted by atomic mass is 10.0. The monoisotopic (exact) mass is 282 g/mol. The van der Waals surface area contributed by atoms with Crippen LogP contribution >= 0.6 is 0 Å². The van der Waals surface area contributed by atoms with Crippen LogP contribution in [0.3, 0.4) is 0 Å². The summed E-state index contributed by atoms with van der Waals surface area (Å²) in [5.74, 6) is 2.06. The fourth-order valence-electron chi connectivity index (χ4n) is 2.22. The van der Waals surface area contributed by atoms with Crippen molar-refractivity contribution in [2.75, 3.05) is 14.2 Å². The second-order valence-electron chi connectivity index (χ2n) is 5.24. The maximum atomic E-state index is 5.43. The minimum Gasteiger partial charge on any atom is -0.493 e. The molecule has 0 N–H and O–H groups in total. The van der Waals surface area contributed by atoms with E-state index >= 15 is 0 Å². The summed E-state index contributed by atoms with van der Waals surface area (Å²) in [4.78, 5) is 0. The number of methoxy groups -OCH3 is 2. The number of ether oxygens (including phenoxy) is 2. The molecular formula is C19H22O2. The van der Waals surface area contributed by atoms with Crippen LogP contribution in [-0.2, 0) is 0 Å². The van der Waals surface area contributed by atoms with Crippen LogP contribution in [-0.4, -0.2) is 14.2 Å². The average Bonchev–Trinajstić information content (AvgIpc) is 2.52. The number of benzene rings is 2. The Kier molecular flexibility index (Phi) is 5.04. The van der Waals surface area contributed by atoms with E-state index in [1.54, 1.807) is 14.2 Å². The molecule has 2 aromatic carbocycles. The first-order valence-corrected chi connectivity index (χ1v) is 7.14. The summed E-state index contributed by atoms with van der Waals surface area (Å²) in [5.41, 5.74) is 3.53. The first-order valence-electron chi connectivity index (χ1n) is 7.14. The molecule has 0 aliphatic heterocycles. The molecule has 2 nitrogen and oxygen atoms in total. The van der Waals surface area contributed by atoms with Crippen molar-refractivity contribution in [2.45, 2.75) is 19.8 Å². The smallest absolute Gasteiger partial charge is 0.167 e. The number of para-hydroxylation sites is 1. The Balaban J connectivity index is 2.25. The summed E-state index contributed by atoms with van der Waals surface area (Å²) in [5, 5.41) is 0. The SMILES string of the molecule is COc1cccc(/C=C/c2ccc(C(C)C)cc2)c1OC. The van der Waals surface area contributed by atoms with Gasteiger partial charge >= 0.3 is 0 Å². The second kappa shape index (κ2) is 6.98. The molecule has 110 valence electrons. The maximum absolute atomic E-state index is 5.43. The predicted molar refractivity (Wildman–Crippen MR) is 89.0 cm³/mol. The Bertz CT molecular complexity index is 610. The third-order valence-corrected chi connectivity index (χ3v) is 3.49. The van der Waals surface area contributed by atoms with Gasteiger partial charge in [-0.05, 0) is 23.1 Å². The minimum atomic E-state index is 0.557. The van der Waals surface area contributed by atoms with Gasteiger partial charge in [0.1, 0.15) is 0 Å². The summed E-state index contributed by atoms with van der Waals surface area (Å²) in [6.45, 7) is 4.40. The lowest BCUT2D eigenvalue weighted by Crippen LogP contribution is -1.92. The molecule has 0 saturated carbocycles. The molecule has 0 unspecified atom stereocenters. The van der Waals surface area contributed by atoms with E-state index in [-0.39, 0.29) is 0 Å². The van der Waals surface area contributed by atoms with E-state index in [9.17, 15) is 0 Å². The average molecular weight is 282 g/mol. The zero-order valence-electron chi connectivity index (χ0n) is 13.1. The molecule has 0 bridgehead atoms. The Morgan fingerprint density at radius 2 is 1.57 bits per heavy atom. The molecule has 0 radical (unpaired) electrons. The zero-order valence-corrected chi connectivity index (χ0v) is 13.1. The summed E-state index contributed by atoms with van der Waals surface area (Å²) >= 11 is 0. The Morgan fingerprint density at radius 1 is 0.857 bits per heavy atom. The van der Waals surface area contributed by atoms with Crippen LogP contribution in [0, 0.1) is 0 Å². The molecule has 0 aromatic heterocycles. The molecule has 2 aromatic rings. The largest absolute Gasteiger partial charge is 0.493 e. The maximum Gasteiger partial charge on any atom is 0.167 e. The van der Waals surface area contributed by atoms with Crippen LogP contribution < -0.4 is 9.47 Å². The highest BCUT2D eigenvalue weighted by molar-refractivity contribution is 5.74. The van der Waals surface area contributed by atoms with Gasteiger partial charge in [-0.3, -0.25) is 0 Å².